The second-order valence-electron chi connectivity index (χ2n) is 3.95. The Bertz CT molecular complexity index is 438. The Morgan fingerprint density at radius 1 is 1.59 bits per heavy atom. The van der Waals surface area contributed by atoms with Crippen molar-refractivity contribution < 1.29 is 24.3 Å². The minimum absolute atomic E-state index is 0.101. The molecule has 1 fully saturated rings. The lowest BCUT2D eigenvalue weighted by atomic mass is 10.2. The van der Waals surface area contributed by atoms with Gasteiger partial charge in [0, 0.05) is 12.0 Å². The number of carboxylic acid groups (broad SMARTS) is 1. The van der Waals surface area contributed by atoms with E-state index in [2.05, 4.69) is 10.5 Å². The Morgan fingerprint density at radius 2 is 2.29 bits per heavy atom. The molecule has 0 radical (unpaired) electrons. The van der Waals surface area contributed by atoms with Crippen LogP contribution in [0.4, 0.5) is 0 Å². The van der Waals surface area contributed by atoms with E-state index < -0.39 is 18.0 Å². The minimum Gasteiger partial charge on any atom is -0.479 e. The van der Waals surface area contributed by atoms with Gasteiger partial charge in [-0.3, -0.25) is 4.79 Å². The summed E-state index contributed by atoms with van der Waals surface area (Å²) in [4.78, 5) is 21.8. The van der Waals surface area contributed by atoms with Crippen molar-refractivity contribution in [1.82, 2.24) is 10.5 Å². The number of amides is 1. The summed E-state index contributed by atoms with van der Waals surface area (Å²) in [7, 11) is 0. The van der Waals surface area contributed by atoms with Crippen LogP contribution in [-0.4, -0.2) is 39.9 Å². The molecular formula is C10H12N2O5. The number of hydrogen-bond acceptors (Lipinski definition) is 5. The summed E-state index contributed by atoms with van der Waals surface area (Å²) in [6, 6.07) is 1.54. The standard InChI is InChI=1S/C10H12N2O5/c13-7(10(15)16)4-11-9(14)6-3-8(17-12-6)5-1-2-5/h3,5,7,13H,1-2,4H2,(H,11,14)(H,15,16). The zero-order chi connectivity index (χ0) is 12.4. The highest BCUT2D eigenvalue weighted by Gasteiger charge is 2.29. The first-order chi connectivity index (χ1) is 8.08. The number of aliphatic hydroxyl groups excluding tert-OH is 1. The average Bonchev–Trinajstić information content (AvgIpc) is 3.03. The van der Waals surface area contributed by atoms with Gasteiger partial charge in [0.15, 0.2) is 11.8 Å². The maximum absolute atomic E-state index is 11.5. The van der Waals surface area contributed by atoms with Crippen LogP contribution in [0.1, 0.15) is 35.0 Å². The largest absolute Gasteiger partial charge is 0.479 e. The van der Waals surface area contributed by atoms with E-state index in [1.54, 1.807) is 6.07 Å². The van der Waals surface area contributed by atoms with Crippen LogP contribution in [-0.2, 0) is 4.79 Å². The quantitative estimate of drug-likeness (QED) is 0.652. The molecule has 0 aromatic carbocycles. The highest BCUT2D eigenvalue weighted by Crippen LogP contribution is 2.40. The fraction of sp³-hybridized carbons (Fsp3) is 0.500. The molecule has 1 saturated carbocycles. The maximum atomic E-state index is 11.5. The Hall–Kier alpha value is -1.89. The summed E-state index contributed by atoms with van der Waals surface area (Å²) >= 11 is 0. The van der Waals surface area contributed by atoms with E-state index in [0.29, 0.717) is 11.7 Å². The molecule has 3 N–H and O–H groups in total. The van der Waals surface area contributed by atoms with E-state index in [9.17, 15) is 9.59 Å². The van der Waals surface area contributed by atoms with Gasteiger partial charge in [-0.2, -0.15) is 0 Å². The number of nitrogens with zero attached hydrogens (tertiary/aromatic N) is 1. The minimum atomic E-state index is -1.62. The van der Waals surface area contributed by atoms with Crippen molar-refractivity contribution in [3.05, 3.63) is 17.5 Å². The van der Waals surface area contributed by atoms with E-state index >= 15 is 0 Å². The summed E-state index contributed by atoms with van der Waals surface area (Å²) in [5.74, 6) is -0.910. The lowest BCUT2D eigenvalue weighted by molar-refractivity contribution is -0.146. The summed E-state index contributed by atoms with van der Waals surface area (Å²) < 4.78 is 4.97. The number of carboxylic acids is 1. The van der Waals surface area contributed by atoms with Crippen molar-refractivity contribution in [1.29, 1.82) is 0 Å². The van der Waals surface area contributed by atoms with Crippen LogP contribution < -0.4 is 5.32 Å². The van der Waals surface area contributed by atoms with Crippen LogP contribution in [0.5, 0.6) is 0 Å². The van der Waals surface area contributed by atoms with Crippen molar-refractivity contribution in [2.45, 2.75) is 24.9 Å². The molecule has 1 heterocycles. The lowest BCUT2D eigenvalue weighted by Crippen LogP contribution is -2.36. The molecule has 92 valence electrons. The molecule has 7 nitrogen and oxygen atoms in total. The third-order valence-electron chi connectivity index (χ3n) is 2.48. The molecule has 0 aliphatic heterocycles. The van der Waals surface area contributed by atoms with Crippen LogP contribution in [0, 0.1) is 0 Å². The number of aliphatic carboxylic acids is 1. The van der Waals surface area contributed by atoms with E-state index in [4.69, 9.17) is 14.7 Å². The second kappa shape index (κ2) is 4.54. The highest BCUT2D eigenvalue weighted by atomic mass is 16.5. The third-order valence-corrected chi connectivity index (χ3v) is 2.48. The summed E-state index contributed by atoms with van der Waals surface area (Å²) in [5.41, 5.74) is 0.101. The van der Waals surface area contributed by atoms with Crippen LogP contribution in [0.2, 0.25) is 0 Å². The predicted octanol–water partition coefficient (Wildman–Crippen LogP) is -0.273. The average molecular weight is 240 g/mol. The van der Waals surface area contributed by atoms with Crippen molar-refractivity contribution >= 4 is 11.9 Å². The van der Waals surface area contributed by atoms with Crippen molar-refractivity contribution in [3.63, 3.8) is 0 Å². The zero-order valence-electron chi connectivity index (χ0n) is 8.92. The van der Waals surface area contributed by atoms with Crippen molar-refractivity contribution in [2.75, 3.05) is 6.54 Å². The molecule has 1 unspecified atom stereocenters. The van der Waals surface area contributed by atoms with Gasteiger partial charge >= 0.3 is 5.97 Å². The molecule has 7 heteroatoms. The first kappa shape index (κ1) is 11.6. The maximum Gasteiger partial charge on any atom is 0.334 e. The Labute approximate surface area is 96.4 Å². The molecule has 1 aromatic heterocycles. The molecule has 2 rings (SSSR count). The number of carbonyl (C=O) groups excluding carboxylic acids is 1. The Morgan fingerprint density at radius 3 is 2.88 bits per heavy atom. The number of aliphatic hydroxyl groups is 1. The fourth-order valence-corrected chi connectivity index (χ4v) is 1.32. The molecule has 0 spiro atoms. The molecule has 0 saturated heterocycles. The van der Waals surface area contributed by atoms with Gasteiger partial charge in [-0.1, -0.05) is 5.16 Å². The topological polar surface area (TPSA) is 113 Å². The Balaban J connectivity index is 1.88. The van der Waals surface area contributed by atoms with Gasteiger partial charge in [0.25, 0.3) is 5.91 Å². The number of aromatic nitrogens is 1. The predicted molar refractivity (Wildman–Crippen MR) is 54.5 cm³/mol. The van der Waals surface area contributed by atoms with Crippen LogP contribution >= 0.6 is 0 Å². The first-order valence-corrected chi connectivity index (χ1v) is 5.23. The van der Waals surface area contributed by atoms with Gasteiger partial charge in [0.1, 0.15) is 5.76 Å². The number of rotatable bonds is 5. The molecule has 1 atom stereocenters. The van der Waals surface area contributed by atoms with Crippen LogP contribution in [0.15, 0.2) is 10.6 Å². The van der Waals surface area contributed by atoms with E-state index in [1.165, 1.54) is 0 Å². The summed E-state index contributed by atoms with van der Waals surface area (Å²) in [5, 5.41) is 23.2. The third kappa shape index (κ3) is 2.82. The first-order valence-electron chi connectivity index (χ1n) is 5.23. The summed E-state index contributed by atoms with van der Waals surface area (Å²) in [6.45, 7) is -0.361. The molecular weight excluding hydrogens is 228 g/mol. The molecule has 0 bridgehead atoms. The molecule has 1 aliphatic rings. The smallest absolute Gasteiger partial charge is 0.334 e. The monoisotopic (exact) mass is 240 g/mol. The van der Waals surface area contributed by atoms with E-state index in [-0.39, 0.29) is 12.2 Å². The number of hydrogen-bond donors (Lipinski definition) is 3. The van der Waals surface area contributed by atoms with Gasteiger partial charge < -0.3 is 20.1 Å². The molecule has 17 heavy (non-hydrogen) atoms. The number of nitrogens with one attached hydrogen (secondary N) is 1. The van der Waals surface area contributed by atoms with Gasteiger partial charge in [0.2, 0.25) is 0 Å². The fourth-order valence-electron chi connectivity index (χ4n) is 1.32. The van der Waals surface area contributed by atoms with E-state index in [1.807, 2.05) is 0 Å². The Kier molecular flexibility index (Phi) is 3.10. The molecule has 1 amide bonds. The zero-order valence-corrected chi connectivity index (χ0v) is 8.92. The van der Waals surface area contributed by atoms with Gasteiger partial charge in [-0.05, 0) is 12.8 Å². The number of carbonyl (C=O) groups is 2. The van der Waals surface area contributed by atoms with Crippen LogP contribution in [0.3, 0.4) is 0 Å². The van der Waals surface area contributed by atoms with Gasteiger partial charge in [-0.25, -0.2) is 4.79 Å². The van der Waals surface area contributed by atoms with Crippen LogP contribution in [0.25, 0.3) is 0 Å². The van der Waals surface area contributed by atoms with Gasteiger partial charge in [0.05, 0.1) is 6.54 Å². The second-order valence-corrected chi connectivity index (χ2v) is 3.95. The van der Waals surface area contributed by atoms with Crippen molar-refractivity contribution in [3.8, 4) is 0 Å². The van der Waals surface area contributed by atoms with Gasteiger partial charge in [-0.15, -0.1) is 0 Å². The van der Waals surface area contributed by atoms with Crippen molar-refractivity contribution in [2.24, 2.45) is 0 Å². The SMILES string of the molecule is O=C(NCC(O)C(=O)O)c1cc(C2CC2)on1. The summed E-state index contributed by atoms with van der Waals surface area (Å²) in [6.07, 6.45) is 0.454. The highest BCUT2D eigenvalue weighted by molar-refractivity contribution is 5.92. The molecule has 1 aromatic rings. The normalized spacial score (nSPS) is 16.5. The molecule has 1 aliphatic carbocycles. The van der Waals surface area contributed by atoms with E-state index in [0.717, 1.165) is 12.8 Å². The lowest BCUT2D eigenvalue weighted by Gasteiger charge is -2.05.